The van der Waals surface area contributed by atoms with Crippen LogP contribution in [0.5, 0.6) is 5.75 Å². The lowest BCUT2D eigenvalue weighted by Crippen LogP contribution is -2.16. The van der Waals surface area contributed by atoms with Crippen LogP contribution in [0.25, 0.3) is 0 Å². The summed E-state index contributed by atoms with van der Waals surface area (Å²) in [5.41, 5.74) is -0.530. The Morgan fingerprint density at radius 2 is 0.764 bits per heavy atom. The van der Waals surface area contributed by atoms with Gasteiger partial charge in [0.1, 0.15) is 18.0 Å². The van der Waals surface area contributed by atoms with Crippen molar-refractivity contribution < 1.29 is 66.7 Å². The molecule has 0 aliphatic rings. The first-order valence-corrected chi connectivity index (χ1v) is 18.3. The van der Waals surface area contributed by atoms with Crippen molar-refractivity contribution in [2.45, 2.75) is 0 Å². The first-order valence-electron chi connectivity index (χ1n) is 18.3. The van der Waals surface area contributed by atoms with Crippen LogP contribution < -0.4 is 10.1 Å². The maximum Gasteiger partial charge on any atom is 0.299 e. The maximum atomic E-state index is 11.2. The molecule has 0 fully saturated rings. The minimum Gasteiger partial charge on any atom is -0.491 e. The van der Waals surface area contributed by atoms with Crippen LogP contribution in [0.4, 0.5) is 17.1 Å². The second-order valence-electron chi connectivity index (χ2n) is 11.0. The highest BCUT2D eigenvalue weighted by Gasteiger charge is 2.19. The smallest absolute Gasteiger partial charge is 0.299 e. The highest BCUT2D eigenvalue weighted by Crippen LogP contribution is 2.28. The van der Waals surface area contributed by atoms with Gasteiger partial charge in [0.15, 0.2) is 0 Å². The Balaban J connectivity index is 1.18. The summed E-state index contributed by atoms with van der Waals surface area (Å²) in [6.45, 7) is 10.7. The average molecular weight is 788 g/mol. The van der Waals surface area contributed by atoms with Crippen molar-refractivity contribution >= 4 is 17.1 Å². The summed E-state index contributed by atoms with van der Waals surface area (Å²) in [6.07, 6.45) is 0. The Hall–Kier alpha value is -3.60. The van der Waals surface area contributed by atoms with Crippen LogP contribution in [-0.4, -0.2) is 168 Å². The molecule has 0 aliphatic carbocycles. The molecule has 2 aromatic carbocycles. The molecule has 0 unspecified atom stereocenters. The summed E-state index contributed by atoms with van der Waals surface area (Å²) in [5, 5.41) is 24.8. The third kappa shape index (κ3) is 27.6. The van der Waals surface area contributed by atoms with Gasteiger partial charge in [0.2, 0.25) is 0 Å². The molecule has 19 nitrogen and oxygen atoms in total. The van der Waals surface area contributed by atoms with Gasteiger partial charge in [-0.25, -0.2) is 0 Å². The normalized spacial score (nSPS) is 11.2. The molecule has 55 heavy (non-hydrogen) atoms. The van der Waals surface area contributed by atoms with Crippen molar-refractivity contribution in [3.63, 3.8) is 0 Å². The van der Waals surface area contributed by atoms with Gasteiger partial charge in [0.25, 0.3) is 11.4 Å². The van der Waals surface area contributed by atoms with Crippen LogP contribution >= 0.6 is 0 Å². The number of nitrogens with zero attached hydrogens (tertiary/aromatic N) is 2. The number of non-ortho nitro benzene ring substituents is 1. The molecule has 2 aromatic rings. The molecule has 0 spiro atoms. The SMILES string of the molecule is O=[N+]([O-])c1ccc(NCCOCCOCCOCCOCCOCCOCCOCCOCCOCCOCCOCCOc2ccccc2)c([N+](=O)[O-])c1. The van der Waals surface area contributed by atoms with Crippen LogP contribution in [0.2, 0.25) is 0 Å². The second-order valence-corrected chi connectivity index (χ2v) is 11.0. The van der Waals surface area contributed by atoms with Gasteiger partial charge in [-0.3, -0.25) is 20.2 Å². The van der Waals surface area contributed by atoms with E-state index in [1.165, 1.54) is 12.1 Å². The van der Waals surface area contributed by atoms with Gasteiger partial charge in [-0.1, -0.05) is 18.2 Å². The van der Waals surface area contributed by atoms with Crippen LogP contribution in [-0.2, 0) is 52.1 Å². The topological polar surface area (TPSA) is 209 Å². The molecular weight excluding hydrogens is 730 g/mol. The molecule has 1 N–H and O–H groups in total. The largest absolute Gasteiger partial charge is 0.491 e. The third-order valence-electron chi connectivity index (χ3n) is 6.91. The fourth-order valence-electron chi connectivity index (χ4n) is 4.23. The van der Waals surface area contributed by atoms with Gasteiger partial charge in [-0.15, -0.1) is 0 Å². The lowest BCUT2D eigenvalue weighted by Gasteiger charge is -2.09. The summed E-state index contributed by atoms with van der Waals surface area (Å²) < 4.78 is 65.7. The minimum atomic E-state index is -0.681. The number of anilines is 1. The van der Waals surface area contributed by atoms with Crippen LogP contribution in [0, 0.1) is 20.2 Å². The molecule has 0 aromatic heterocycles. The fraction of sp³-hybridized carbons (Fsp3) is 0.667. The van der Waals surface area contributed by atoms with Gasteiger partial charge in [0, 0.05) is 12.6 Å². The van der Waals surface area contributed by atoms with E-state index in [4.69, 9.17) is 56.8 Å². The number of hydrogen-bond acceptors (Lipinski definition) is 17. The maximum absolute atomic E-state index is 11.2. The Labute approximate surface area is 321 Å². The third-order valence-corrected chi connectivity index (χ3v) is 6.91. The first kappa shape index (κ1) is 47.6. The quantitative estimate of drug-likeness (QED) is 0.0584. The summed E-state index contributed by atoms with van der Waals surface area (Å²) in [4.78, 5) is 20.6. The number of hydrogen-bond donors (Lipinski definition) is 1. The van der Waals surface area contributed by atoms with Crippen molar-refractivity contribution in [1.29, 1.82) is 0 Å². The molecule has 0 aliphatic heterocycles. The van der Waals surface area contributed by atoms with Gasteiger partial charge in [-0.2, -0.15) is 0 Å². The molecule has 19 heteroatoms. The highest BCUT2D eigenvalue weighted by atomic mass is 16.6. The summed E-state index contributed by atoms with van der Waals surface area (Å²) >= 11 is 0. The Morgan fingerprint density at radius 3 is 1.11 bits per heavy atom. The molecule has 0 bridgehead atoms. The van der Waals surface area contributed by atoms with E-state index in [0.29, 0.717) is 145 Å². The van der Waals surface area contributed by atoms with Crippen molar-refractivity contribution in [1.82, 2.24) is 0 Å². The van der Waals surface area contributed by atoms with Gasteiger partial charge in [-0.05, 0) is 18.2 Å². The summed E-state index contributed by atoms with van der Waals surface area (Å²) in [5.74, 6) is 0.832. The zero-order chi connectivity index (χ0) is 39.3. The van der Waals surface area contributed by atoms with Gasteiger partial charge in [0.05, 0.1) is 161 Å². The number of ether oxygens (including phenoxy) is 12. The van der Waals surface area contributed by atoms with E-state index in [1.807, 2.05) is 30.3 Å². The van der Waals surface area contributed by atoms with E-state index in [1.54, 1.807) is 0 Å². The van der Waals surface area contributed by atoms with E-state index in [9.17, 15) is 20.2 Å². The predicted molar refractivity (Wildman–Crippen MR) is 199 cm³/mol. The number of nitrogens with one attached hydrogen (secondary N) is 1. The van der Waals surface area contributed by atoms with Crippen molar-refractivity contribution in [2.24, 2.45) is 0 Å². The summed E-state index contributed by atoms with van der Waals surface area (Å²) in [6, 6.07) is 13.1. The van der Waals surface area contributed by atoms with E-state index in [-0.39, 0.29) is 30.2 Å². The lowest BCUT2D eigenvalue weighted by atomic mass is 10.2. The molecule has 312 valence electrons. The van der Waals surface area contributed by atoms with Gasteiger partial charge >= 0.3 is 0 Å². The van der Waals surface area contributed by atoms with Crippen LogP contribution in [0.3, 0.4) is 0 Å². The van der Waals surface area contributed by atoms with E-state index >= 15 is 0 Å². The number of nitro benzene ring substituents is 2. The first-order chi connectivity index (χ1) is 27.1. The van der Waals surface area contributed by atoms with Crippen LogP contribution in [0.15, 0.2) is 48.5 Å². The number of rotatable bonds is 40. The van der Waals surface area contributed by atoms with Crippen LogP contribution in [0.1, 0.15) is 0 Å². The monoisotopic (exact) mass is 787 g/mol. The fourth-order valence-corrected chi connectivity index (χ4v) is 4.23. The highest BCUT2D eigenvalue weighted by molar-refractivity contribution is 5.65. The molecule has 0 saturated heterocycles. The van der Waals surface area contributed by atoms with E-state index in [0.717, 1.165) is 11.8 Å². The second kappa shape index (κ2) is 34.9. The predicted octanol–water partition coefficient (Wildman–Crippen LogP) is 3.18. The summed E-state index contributed by atoms with van der Waals surface area (Å²) in [7, 11) is 0. The zero-order valence-electron chi connectivity index (χ0n) is 31.5. The minimum absolute atomic E-state index is 0.184. The van der Waals surface area contributed by atoms with Gasteiger partial charge < -0.3 is 62.2 Å². The number of nitro groups is 2. The Kier molecular flexibility index (Phi) is 30.1. The van der Waals surface area contributed by atoms with Crippen molar-refractivity contribution in [2.75, 3.05) is 164 Å². The molecule has 0 radical (unpaired) electrons. The molecule has 0 saturated carbocycles. The van der Waals surface area contributed by atoms with E-state index < -0.39 is 9.85 Å². The lowest BCUT2D eigenvalue weighted by molar-refractivity contribution is -0.393. The number of benzene rings is 2. The molecule has 2 rings (SSSR count). The Morgan fingerprint density at radius 1 is 0.418 bits per heavy atom. The Bertz CT molecular complexity index is 1220. The average Bonchev–Trinajstić information content (AvgIpc) is 3.19. The molecular formula is C36H57N3O16. The van der Waals surface area contributed by atoms with Crippen molar-refractivity contribution in [3.8, 4) is 5.75 Å². The number of para-hydroxylation sites is 1. The molecule has 0 heterocycles. The standard InChI is InChI=1S/C36H57N3O16/c40-38(41)33-6-7-35(36(32-33)39(42)43)37-8-9-44-10-11-45-12-13-46-14-15-47-16-17-48-18-19-49-20-21-50-22-23-51-24-25-52-26-27-53-28-29-54-30-31-55-34-4-2-1-3-5-34/h1-7,32,37H,8-31H2. The molecule has 0 atom stereocenters. The zero-order valence-corrected chi connectivity index (χ0v) is 31.5. The molecule has 0 amide bonds. The van der Waals surface area contributed by atoms with Crippen molar-refractivity contribution in [3.05, 3.63) is 68.8 Å². The van der Waals surface area contributed by atoms with E-state index in [2.05, 4.69) is 5.32 Å².